The molecule has 0 bridgehead atoms. The molecule has 1 aromatic carbocycles. The number of amides is 1. The fourth-order valence-electron chi connectivity index (χ4n) is 2.73. The van der Waals surface area contributed by atoms with E-state index in [1.54, 1.807) is 22.8 Å². The summed E-state index contributed by atoms with van der Waals surface area (Å²) in [5, 5.41) is 10.4. The van der Waals surface area contributed by atoms with Gasteiger partial charge < -0.3 is 9.73 Å². The van der Waals surface area contributed by atoms with Gasteiger partial charge in [0.2, 0.25) is 0 Å². The molecule has 3 heterocycles. The van der Waals surface area contributed by atoms with Crippen LogP contribution >= 0.6 is 0 Å². The summed E-state index contributed by atoms with van der Waals surface area (Å²) in [5.74, 6) is 1.05. The number of fused-ring (bicyclic) bond motifs is 1. The Hall–Kier alpha value is -3.55. The average molecular weight is 362 g/mol. The average Bonchev–Trinajstić information content (AvgIpc) is 3.34. The molecule has 0 saturated heterocycles. The summed E-state index contributed by atoms with van der Waals surface area (Å²) >= 11 is 0. The van der Waals surface area contributed by atoms with Crippen molar-refractivity contribution < 1.29 is 9.21 Å². The lowest BCUT2D eigenvalue weighted by Crippen LogP contribution is -2.26. The van der Waals surface area contributed by atoms with Gasteiger partial charge in [-0.2, -0.15) is 0 Å². The number of nitrogens with one attached hydrogen (secondary N) is 1. The number of carbonyl (C=O) groups is 1. The Kier molecular flexibility index (Phi) is 4.61. The first kappa shape index (κ1) is 16.9. The number of aryl methyl sites for hydroxylation is 2. The zero-order valence-corrected chi connectivity index (χ0v) is 14.8. The third-order valence-electron chi connectivity index (χ3n) is 4.09. The second kappa shape index (κ2) is 7.36. The number of benzene rings is 1. The summed E-state index contributed by atoms with van der Waals surface area (Å²) in [7, 11) is 0. The SMILES string of the molecule is Cc1ccc2nc(CCCNC(=O)c3cccc(-n4cnnc4)n3)oc2c1. The molecule has 0 fully saturated rings. The van der Waals surface area contributed by atoms with E-state index in [9.17, 15) is 4.79 Å². The largest absolute Gasteiger partial charge is 0.441 e. The van der Waals surface area contributed by atoms with Crippen LogP contribution in [0.3, 0.4) is 0 Å². The third kappa shape index (κ3) is 3.84. The summed E-state index contributed by atoms with van der Waals surface area (Å²) in [4.78, 5) is 21.1. The van der Waals surface area contributed by atoms with E-state index in [2.05, 4.69) is 25.5 Å². The van der Waals surface area contributed by atoms with Crippen LogP contribution < -0.4 is 5.32 Å². The number of pyridine rings is 1. The first-order valence-electron chi connectivity index (χ1n) is 8.65. The number of nitrogens with zero attached hydrogens (tertiary/aromatic N) is 5. The summed E-state index contributed by atoms with van der Waals surface area (Å²) in [6.45, 7) is 2.53. The highest BCUT2D eigenvalue weighted by atomic mass is 16.3. The van der Waals surface area contributed by atoms with E-state index in [0.717, 1.165) is 23.1 Å². The molecule has 0 aliphatic carbocycles. The van der Waals surface area contributed by atoms with Crippen LogP contribution in [0.1, 0.15) is 28.4 Å². The van der Waals surface area contributed by atoms with Crippen molar-refractivity contribution in [3.63, 3.8) is 0 Å². The van der Waals surface area contributed by atoms with Gasteiger partial charge in [0.1, 0.15) is 29.7 Å². The first-order valence-corrected chi connectivity index (χ1v) is 8.65. The quantitative estimate of drug-likeness (QED) is 0.529. The topological polar surface area (TPSA) is 98.7 Å². The lowest BCUT2D eigenvalue weighted by molar-refractivity contribution is 0.0948. The minimum absolute atomic E-state index is 0.224. The van der Waals surface area contributed by atoms with Crippen LogP contribution in [-0.2, 0) is 6.42 Å². The maximum absolute atomic E-state index is 12.3. The molecule has 0 aliphatic rings. The molecule has 4 aromatic rings. The summed E-state index contributed by atoms with van der Waals surface area (Å²) in [6.07, 6.45) is 4.45. The molecule has 0 aliphatic heterocycles. The van der Waals surface area contributed by atoms with Crippen molar-refractivity contribution in [2.24, 2.45) is 0 Å². The zero-order valence-electron chi connectivity index (χ0n) is 14.8. The Bertz CT molecular complexity index is 1070. The van der Waals surface area contributed by atoms with Crippen LogP contribution in [-0.4, -0.2) is 37.2 Å². The second-order valence-corrected chi connectivity index (χ2v) is 6.19. The van der Waals surface area contributed by atoms with Gasteiger partial charge in [-0.15, -0.1) is 10.2 Å². The van der Waals surface area contributed by atoms with Crippen LogP contribution in [0.2, 0.25) is 0 Å². The fraction of sp³-hybridized carbons (Fsp3) is 0.211. The molecular weight excluding hydrogens is 344 g/mol. The molecular formula is C19H18N6O2. The Labute approximate surface area is 155 Å². The number of oxazole rings is 1. The van der Waals surface area contributed by atoms with E-state index in [4.69, 9.17) is 4.42 Å². The summed E-state index contributed by atoms with van der Waals surface area (Å²) < 4.78 is 7.39. The van der Waals surface area contributed by atoms with Crippen molar-refractivity contribution in [1.82, 2.24) is 30.0 Å². The van der Waals surface area contributed by atoms with Crippen LogP contribution in [0.4, 0.5) is 0 Å². The number of rotatable bonds is 6. The molecule has 1 amide bonds. The predicted octanol–water partition coefficient (Wildman–Crippen LogP) is 2.47. The molecule has 0 unspecified atom stereocenters. The Morgan fingerprint density at radius 3 is 2.85 bits per heavy atom. The van der Waals surface area contributed by atoms with E-state index < -0.39 is 0 Å². The van der Waals surface area contributed by atoms with Crippen LogP contribution in [0.25, 0.3) is 16.9 Å². The Morgan fingerprint density at radius 1 is 1.15 bits per heavy atom. The molecule has 0 saturated carbocycles. The van der Waals surface area contributed by atoms with E-state index >= 15 is 0 Å². The normalized spacial score (nSPS) is 11.0. The van der Waals surface area contributed by atoms with Gasteiger partial charge in [-0.1, -0.05) is 12.1 Å². The lowest BCUT2D eigenvalue weighted by Gasteiger charge is -2.05. The first-order chi connectivity index (χ1) is 13.2. The maximum Gasteiger partial charge on any atom is 0.269 e. The Balaban J connectivity index is 1.32. The van der Waals surface area contributed by atoms with Crippen molar-refractivity contribution in [2.45, 2.75) is 19.8 Å². The molecule has 1 N–H and O–H groups in total. The highest BCUT2D eigenvalue weighted by Crippen LogP contribution is 2.17. The molecule has 8 nitrogen and oxygen atoms in total. The van der Waals surface area contributed by atoms with Gasteiger partial charge >= 0.3 is 0 Å². The van der Waals surface area contributed by atoms with E-state index in [-0.39, 0.29) is 5.91 Å². The van der Waals surface area contributed by atoms with Crippen LogP contribution in [0.5, 0.6) is 0 Å². The van der Waals surface area contributed by atoms with Gasteiger partial charge in [0, 0.05) is 13.0 Å². The number of hydrogen-bond acceptors (Lipinski definition) is 6. The lowest BCUT2D eigenvalue weighted by atomic mass is 10.2. The third-order valence-corrected chi connectivity index (χ3v) is 4.09. The second-order valence-electron chi connectivity index (χ2n) is 6.19. The number of carbonyl (C=O) groups excluding carboxylic acids is 1. The van der Waals surface area contributed by atoms with E-state index in [0.29, 0.717) is 30.4 Å². The van der Waals surface area contributed by atoms with Crippen molar-refractivity contribution in [3.8, 4) is 5.82 Å². The van der Waals surface area contributed by atoms with Gasteiger partial charge in [-0.05, 0) is 43.2 Å². The van der Waals surface area contributed by atoms with Gasteiger partial charge in [0.05, 0.1) is 0 Å². The van der Waals surface area contributed by atoms with Crippen molar-refractivity contribution >= 4 is 17.0 Å². The minimum atomic E-state index is -0.224. The van der Waals surface area contributed by atoms with Crippen molar-refractivity contribution in [3.05, 3.63) is 66.2 Å². The molecule has 8 heteroatoms. The van der Waals surface area contributed by atoms with Crippen LogP contribution in [0, 0.1) is 6.92 Å². The molecule has 27 heavy (non-hydrogen) atoms. The van der Waals surface area contributed by atoms with Crippen molar-refractivity contribution in [1.29, 1.82) is 0 Å². The smallest absolute Gasteiger partial charge is 0.269 e. The standard InChI is InChI=1S/C19H18N6O2/c1-13-7-8-14-16(10-13)27-18(24-14)6-3-9-20-19(26)15-4-2-5-17(23-15)25-11-21-22-12-25/h2,4-5,7-8,10-12H,3,6,9H2,1H3,(H,20,26). The number of aromatic nitrogens is 5. The van der Waals surface area contributed by atoms with Gasteiger partial charge in [0.25, 0.3) is 5.91 Å². The number of hydrogen-bond donors (Lipinski definition) is 1. The Morgan fingerprint density at radius 2 is 2.00 bits per heavy atom. The van der Waals surface area contributed by atoms with E-state index in [1.807, 2.05) is 25.1 Å². The molecule has 136 valence electrons. The molecule has 4 rings (SSSR count). The van der Waals surface area contributed by atoms with Gasteiger partial charge in [-0.3, -0.25) is 9.36 Å². The summed E-state index contributed by atoms with van der Waals surface area (Å²) in [6, 6.07) is 11.2. The van der Waals surface area contributed by atoms with Gasteiger partial charge in [0.15, 0.2) is 11.5 Å². The highest BCUT2D eigenvalue weighted by Gasteiger charge is 2.10. The summed E-state index contributed by atoms with van der Waals surface area (Å²) in [5.41, 5.74) is 3.14. The molecule has 0 atom stereocenters. The molecule has 3 aromatic heterocycles. The monoisotopic (exact) mass is 362 g/mol. The predicted molar refractivity (Wildman–Crippen MR) is 98.6 cm³/mol. The van der Waals surface area contributed by atoms with Gasteiger partial charge in [-0.25, -0.2) is 9.97 Å². The molecule has 0 spiro atoms. The van der Waals surface area contributed by atoms with E-state index in [1.165, 1.54) is 12.7 Å². The molecule has 0 radical (unpaired) electrons. The van der Waals surface area contributed by atoms with Crippen LogP contribution in [0.15, 0.2) is 53.5 Å². The fourth-order valence-corrected chi connectivity index (χ4v) is 2.73. The zero-order chi connectivity index (χ0) is 18.6. The van der Waals surface area contributed by atoms with Crippen molar-refractivity contribution in [2.75, 3.05) is 6.54 Å². The highest BCUT2D eigenvalue weighted by molar-refractivity contribution is 5.92. The maximum atomic E-state index is 12.3. The minimum Gasteiger partial charge on any atom is -0.441 e.